The molecule has 2 aliphatic rings. The number of aromatic nitrogens is 2. The molecule has 2 aromatic rings. The van der Waals surface area contributed by atoms with Crippen LogP contribution in [0.25, 0.3) is 0 Å². The molecule has 1 aliphatic heterocycles. The number of nitrogens with zero attached hydrogens (tertiary/aromatic N) is 3. The molecule has 31 heavy (non-hydrogen) atoms. The summed E-state index contributed by atoms with van der Waals surface area (Å²) in [5.74, 6) is 0.909. The highest BCUT2D eigenvalue weighted by Crippen LogP contribution is 2.26. The maximum absolute atomic E-state index is 13.2. The van der Waals surface area contributed by atoms with Crippen LogP contribution in [0.1, 0.15) is 33.7 Å². The first-order valence-corrected chi connectivity index (χ1v) is 11.1. The lowest BCUT2D eigenvalue weighted by Gasteiger charge is -2.28. The molecule has 1 N–H and O–H groups in total. The Labute approximate surface area is 184 Å². The molecule has 1 fully saturated rings. The number of carbonyl (C=O) groups excluding carboxylic acids is 1. The standard InChI is InChI=1S/C24H32N4O3/c1-3-12-28-22-9-6-19(25-11-10-18-4-7-20(30-2)8-5-18)17-21(22)23(26-28)24(29)27-13-15-31-16-14-27/h3-5,7-8,19,25H,1,6,9-17H2,2H3. The number of hydrogen-bond donors (Lipinski definition) is 1. The monoisotopic (exact) mass is 424 g/mol. The molecule has 1 amide bonds. The van der Waals surface area contributed by atoms with Crippen LogP contribution in [0.15, 0.2) is 36.9 Å². The lowest BCUT2D eigenvalue weighted by molar-refractivity contribution is 0.0297. The van der Waals surface area contributed by atoms with Gasteiger partial charge in [0.25, 0.3) is 5.91 Å². The molecule has 1 aromatic carbocycles. The van der Waals surface area contributed by atoms with Crippen molar-refractivity contribution in [1.82, 2.24) is 20.0 Å². The van der Waals surface area contributed by atoms with E-state index in [0.29, 0.717) is 44.6 Å². The molecule has 1 saturated heterocycles. The van der Waals surface area contributed by atoms with E-state index in [1.807, 2.05) is 27.8 Å². The van der Waals surface area contributed by atoms with Crippen LogP contribution in [0.2, 0.25) is 0 Å². The average molecular weight is 425 g/mol. The zero-order valence-corrected chi connectivity index (χ0v) is 18.3. The van der Waals surface area contributed by atoms with Crippen molar-refractivity contribution in [2.45, 2.75) is 38.3 Å². The van der Waals surface area contributed by atoms with Crippen molar-refractivity contribution in [3.63, 3.8) is 0 Å². The fourth-order valence-corrected chi connectivity index (χ4v) is 4.44. The summed E-state index contributed by atoms with van der Waals surface area (Å²) in [5, 5.41) is 8.40. The summed E-state index contributed by atoms with van der Waals surface area (Å²) in [6.45, 7) is 7.84. The maximum Gasteiger partial charge on any atom is 0.274 e. The first-order chi connectivity index (χ1) is 15.2. The van der Waals surface area contributed by atoms with Crippen LogP contribution >= 0.6 is 0 Å². The summed E-state index contributed by atoms with van der Waals surface area (Å²) in [7, 11) is 1.68. The minimum atomic E-state index is 0.0289. The SMILES string of the molecule is C=CCn1nc(C(=O)N2CCOCC2)c2c1CCC(NCCc1ccc(OC)cc1)C2. The van der Waals surface area contributed by atoms with E-state index in [-0.39, 0.29) is 5.91 Å². The van der Waals surface area contributed by atoms with Gasteiger partial charge in [0, 0.05) is 30.4 Å². The normalized spacial score (nSPS) is 18.5. The first kappa shape index (κ1) is 21.6. The molecular weight excluding hydrogens is 392 g/mol. The van der Waals surface area contributed by atoms with Crippen LogP contribution in [0.4, 0.5) is 0 Å². The van der Waals surface area contributed by atoms with Crippen LogP contribution in [0.3, 0.4) is 0 Å². The van der Waals surface area contributed by atoms with Gasteiger partial charge in [-0.2, -0.15) is 5.10 Å². The molecule has 1 unspecified atom stereocenters. The van der Waals surface area contributed by atoms with Crippen molar-refractivity contribution in [3.8, 4) is 5.75 Å². The predicted molar refractivity (Wildman–Crippen MR) is 120 cm³/mol. The highest BCUT2D eigenvalue weighted by Gasteiger charge is 2.31. The van der Waals surface area contributed by atoms with Gasteiger partial charge in [-0.3, -0.25) is 9.48 Å². The lowest BCUT2D eigenvalue weighted by atomic mass is 9.91. The third kappa shape index (κ3) is 4.99. The Bertz CT molecular complexity index is 900. The fraction of sp³-hybridized carbons (Fsp3) is 0.500. The number of nitrogens with one attached hydrogen (secondary N) is 1. The number of amides is 1. The number of morpholine rings is 1. The number of allylic oxidation sites excluding steroid dienone is 1. The molecule has 1 aromatic heterocycles. The molecule has 0 spiro atoms. The van der Waals surface area contributed by atoms with Gasteiger partial charge in [0.05, 0.1) is 26.9 Å². The number of rotatable bonds is 8. The van der Waals surface area contributed by atoms with Crippen molar-refractivity contribution in [2.75, 3.05) is 40.0 Å². The van der Waals surface area contributed by atoms with Crippen LogP contribution in [0.5, 0.6) is 5.75 Å². The molecule has 1 atom stereocenters. The highest BCUT2D eigenvalue weighted by molar-refractivity contribution is 5.94. The van der Waals surface area contributed by atoms with Gasteiger partial charge in [0.15, 0.2) is 5.69 Å². The molecule has 2 heterocycles. The van der Waals surface area contributed by atoms with Gasteiger partial charge < -0.3 is 19.7 Å². The lowest BCUT2D eigenvalue weighted by Crippen LogP contribution is -2.42. The quantitative estimate of drug-likeness (QED) is 0.659. The number of ether oxygens (including phenoxy) is 2. The Balaban J connectivity index is 1.42. The van der Waals surface area contributed by atoms with E-state index in [4.69, 9.17) is 14.6 Å². The minimum absolute atomic E-state index is 0.0289. The summed E-state index contributed by atoms with van der Waals surface area (Å²) >= 11 is 0. The third-order valence-electron chi connectivity index (χ3n) is 6.16. The second-order valence-electron chi connectivity index (χ2n) is 8.14. The largest absolute Gasteiger partial charge is 0.497 e. The van der Waals surface area contributed by atoms with Gasteiger partial charge in [-0.05, 0) is 49.9 Å². The van der Waals surface area contributed by atoms with Gasteiger partial charge >= 0.3 is 0 Å². The highest BCUT2D eigenvalue weighted by atomic mass is 16.5. The van der Waals surface area contributed by atoms with E-state index in [9.17, 15) is 4.79 Å². The van der Waals surface area contributed by atoms with Crippen LogP contribution in [0, 0.1) is 0 Å². The Morgan fingerprint density at radius 1 is 1.32 bits per heavy atom. The number of benzene rings is 1. The topological polar surface area (TPSA) is 68.6 Å². The van der Waals surface area contributed by atoms with E-state index in [1.165, 1.54) is 11.3 Å². The Kier molecular flexibility index (Phi) is 7.04. The van der Waals surface area contributed by atoms with Crippen LogP contribution in [-0.2, 0) is 30.5 Å². The molecule has 166 valence electrons. The van der Waals surface area contributed by atoms with Crippen molar-refractivity contribution in [1.29, 1.82) is 0 Å². The summed E-state index contributed by atoms with van der Waals surface area (Å²) < 4.78 is 12.6. The maximum atomic E-state index is 13.2. The molecule has 0 radical (unpaired) electrons. The zero-order valence-electron chi connectivity index (χ0n) is 18.3. The fourth-order valence-electron chi connectivity index (χ4n) is 4.44. The van der Waals surface area contributed by atoms with E-state index in [0.717, 1.165) is 43.5 Å². The third-order valence-corrected chi connectivity index (χ3v) is 6.16. The number of methoxy groups -OCH3 is 1. The molecule has 0 bridgehead atoms. The molecule has 0 saturated carbocycles. The average Bonchev–Trinajstić information content (AvgIpc) is 3.17. The predicted octanol–water partition coefficient (Wildman–Crippen LogP) is 2.24. The molecule has 4 rings (SSSR count). The number of hydrogen-bond acceptors (Lipinski definition) is 5. The molecule has 7 nitrogen and oxygen atoms in total. The molecule has 7 heteroatoms. The summed E-state index contributed by atoms with van der Waals surface area (Å²) in [4.78, 5) is 15.1. The van der Waals surface area contributed by atoms with Crippen molar-refractivity contribution in [2.24, 2.45) is 0 Å². The van der Waals surface area contributed by atoms with Gasteiger partial charge in [0.2, 0.25) is 0 Å². The van der Waals surface area contributed by atoms with Crippen molar-refractivity contribution in [3.05, 3.63) is 59.4 Å². The zero-order chi connectivity index (χ0) is 21.6. The molecule has 1 aliphatic carbocycles. The Hall–Kier alpha value is -2.64. The second kappa shape index (κ2) is 10.1. The number of carbonyl (C=O) groups is 1. The van der Waals surface area contributed by atoms with Crippen LogP contribution in [-0.4, -0.2) is 66.6 Å². The van der Waals surface area contributed by atoms with Gasteiger partial charge in [0.1, 0.15) is 5.75 Å². The van der Waals surface area contributed by atoms with Crippen molar-refractivity contribution >= 4 is 5.91 Å². The summed E-state index contributed by atoms with van der Waals surface area (Å²) in [5.41, 5.74) is 4.18. The molecular formula is C24H32N4O3. The first-order valence-electron chi connectivity index (χ1n) is 11.1. The summed E-state index contributed by atoms with van der Waals surface area (Å²) in [6, 6.07) is 8.57. The van der Waals surface area contributed by atoms with Crippen LogP contribution < -0.4 is 10.1 Å². The van der Waals surface area contributed by atoms with E-state index in [1.54, 1.807) is 7.11 Å². The van der Waals surface area contributed by atoms with E-state index >= 15 is 0 Å². The van der Waals surface area contributed by atoms with Gasteiger partial charge in [-0.15, -0.1) is 6.58 Å². The van der Waals surface area contributed by atoms with Gasteiger partial charge in [-0.1, -0.05) is 18.2 Å². The van der Waals surface area contributed by atoms with E-state index in [2.05, 4.69) is 24.0 Å². The minimum Gasteiger partial charge on any atom is -0.497 e. The Morgan fingerprint density at radius 2 is 2.10 bits per heavy atom. The smallest absolute Gasteiger partial charge is 0.274 e. The Morgan fingerprint density at radius 3 is 2.81 bits per heavy atom. The summed E-state index contributed by atoms with van der Waals surface area (Å²) in [6.07, 6.45) is 5.61. The van der Waals surface area contributed by atoms with Gasteiger partial charge in [-0.25, -0.2) is 0 Å². The van der Waals surface area contributed by atoms with Crippen molar-refractivity contribution < 1.29 is 14.3 Å². The van der Waals surface area contributed by atoms with E-state index < -0.39 is 0 Å². The number of fused-ring (bicyclic) bond motifs is 1. The second-order valence-corrected chi connectivity index (χ2v) is 8.14.